The Balaban J connectivity index is 1.60. The highest BCUT2D eigenvalue weighted by atomic mass is 16.5. The minimum Gasteiger partial charge on any atom is -0.497 e. The molecular weight excluding hydrogens is 472 g/mol. The van der Waals surface area contributed by atoms with Crippen LogP contribution in [0, 0.1) is 11.3 Å². The van der Waals surface area contributed by atoms with Crippen LogP contribution in [0.2, 0.25) is 0 Å². The topological polar surface area (TPSA) is 113 Å². The van der Waals surface area contributed by atoms with Crippen LogP contribution in [-0.2, 0) is 11.2 Å². The lowest BCUT2D eigenvalue weighted by molar-refractivity contribution is -0.133. The normalized spacial score (nSPS) is 14.0. The largest absolute Gasteiger partial charge is 0.497 e. The van der Waals surface area contributed by atoms with Gasteiger partial charge in [0.1, 0.15) is 35.5 Å². The first-order valence-electron chi connectivity index (χ1n) is 11.4. The van der Waals surface area contributed by atoms with E-state index in [9.17, 15) is 10.1 Å². The minimum atomic E-state index is -0.514. The van der Waals surface area contributed by atoms with Gasteiger partial charge in [0.05, 0.1) is 26.6 Å². The Bertz CT molecular complexity index is 1390. The molecule has 0 fully saturated rings. The van der Waals surface area contributed by atoms with Crippen molar-refractivity contribution in [1.29, 1.82) is 5.26 Å². The highest BCUT2D eigenvalue weighted by molar-refractivity contribution is 5.75. The van der Waals surface area contributed by atoms with Crippen molar-refractivity contribution in [3.05, 3.63) is 101 Å². The second-order valence-corrected chi connectivity index (χ2v) is 8.13. The number of rotatable bonds is 9. The zero-order valence-electron chi connectivity index (χ0n) is 20.5. The molecule has 4 rings (SSSR count). The molecule has 0 radical (unpaired) electrons. The van der Waals surface area contributed by atoms with E-state index in [1.54, 1.807) is 74.9 Å². The van der Waals surface area contributed by atoms with E-state index in [0.29, 0.717) is 40.9 Å². The third kappa shape index (κ3) is 5.52. The second kappa shape index (κ2) is 11.2. The number of ether oxygens (including phenoxy) is 5. The summed E-state index contributed by atoms with van der Waals surface area (Å²) in [5, 5.41) is 9.85. The Morgan fingerprint density at radius 3 is 2.49 bits per heavy atom. The predicted molar refractivity (Wildman–Crippen MR) is 137 cm³/mol. The quantitative estimate of drug-likeness (QED) is 0.258. The smallest absolute Gasteiger partial charge is 0.315 e. The summed E-state index contributed by atoms with van der Waals surface area (Å²) in [5.41, 5.74) is 8.64. The van der Waals surface area contributed by atoms with E-state index in [0.717, 1.165) is 11.1 Å². The Hall–Kier alpha value is -4.90. The molecule has 1 atom stereocenters. The Kier molecular flexibility index (Phi) is 7.65. The van der Waals surface area contributed by atoms with Crippen LogP contribution in [0.25, 0.3) is 0 Å². The van der Waals surface area contributed by atoms with Gasteiger partial charge in [0.25, 0.3) is 0 Å². The molecule has 0 amide bonds. The van der Waals surface area contributed by atoms with Crippen molar-refractivity contribution >= 4 is 5.97 Å². The van der Waals surface area contributed by atoms with Gasteiger partial charge in [-0.05, 0) is 41.5 Å². The molecule has 2 N–H and O–H groups in total. The molecule has 3 aromatic rings. The minimum absolute atomic E-state index is 0.0207. The molecule has 0 aliphatic carbocycles. The lowest BCUT2D eigenvalue weighted by Gasteiger charge is -2.27. The van der Waals surface area contributed by atoms with Crippen LogP contribution in [0.5, 0.6) is 28.7 Å². The lowest BCUT2D eigenvalue weighted by atomic mass is 9.83. The number of carbonyl (C=O) groups excluding carboxylic acids is 1. The monoisotopic (exact) mass is 498 g/mol. The van der Waals surface area contributed by atoms with Crippen LogP contribution in [0.4, 0.5) is 0 Å². The van der Waals surface area contributed by atoms with Crippen LogP contribution in [-0.4, -0.2) is 26.8 Å². The fourth-order valence-electron chi connectivity index (χ4n) is 4.05. The molecule has 188 valence electrons. The van der Waals surface area contributed by atoms with Crippen LogP contribution in [0.15, 0.2) is 84.8 Å². The van der Waals surface area contributed by atoms with Gasteiger partial charge in [-0.1, -0.05) is 36.9 Å². The second-order valence-electron chi connectivity index (χ2n) is 8.13. The number of esters is 1. The summed E-state index contributed by atoms with van der Waals surface area (Å²) in [6.07, 6.45) is 1.73. The van der Waals surface area contributed by atoms with Gasteiger partial charge in [-0.15, -0.1) is 0 Å². The molecule has 1 aliphatic heterocycles. The Morgan fingerprint density at radius 2 is 1.81 bits per heavy atom. The van der Waals surface area contributed by atoms with Crippen molar-refractivity contribution in [2.75, 3.05) is 20.8 Å². The molecule has 8 heteroatoms. The SMILES string of the molecule is C=CCOc1ccc(C2C(C#N)=C(N)Oc3cc(OC(=O)Cc4ccc(OC)cc4)ccc32)cc1OC. The average Bonchev–Trinajstić information content (AvgIpc) is 2.91. The molecule has 1 heterocycles. The highest BCUT2D eigenvalue weighted by Crippen LogP contribution is 2.45. The predicted octanol–water partition coefficient (Wildman–Crippen LogP) is 4.63. The first-order valence-corrected chi connectivity index (χ1v) is 11.4. The third-order valence-corrected chi connectivity index (χ3v) is 5.81. The van der Waals surface area contributed by atoms with Crippen LogP contribution in [0.3, 0.4) is 0 Å². The molecule has 0 saturated heterocycles. The number of fused-ring (bicyclic) bond motifs is 1. The molecule has 1 unspecified atom stereocenters. The van der Waals surface area contributed by atoms with Gasteiger partial charge >= 0.3 is 5.97 Å². The van der Waals surface area contributed by atoms with E-state index >= 15 is 0 Å². The summed E-state index contributed by atoms with van der Waals surface area (Å²) in [7, 11) is 3.12. The van der Waals surface area contributed by atoms with Gasteiger partial charge < -0.3 is 29.4 Å². The zero-order chi connectivity index (χ0) is 26.4. The summed E-state index contributed by atoms with van der Waals surface area (Å²) >= 11 is 0. The van der Waals surface area contributed by atoms with Gasteiger partial charge in [-0.2, -0.15) is 5.26 Å². The van der Waals surface area contributed by atoms with Crippen molar-refractivity contribution in [1.82, 2.24) is 0 Å². The summed E-state index contributed by atoms with van der Waals surface area (Å²) < 4.78 is 27.6. The Morgan fingerprint density at radius 1 is 1.05 bits per heavy atom. The maximum absolute atomic E-state index is 12.5. The van der Waals surface area contributed by atoms with Gasteiger partial charge in [-0.3, -0.25) is 4.79 Å². The van der Waals surface area contributed by atoms with Gasteiger partial charge in [0.15, 0.2) is 11.5 Å². The highest BCUT2D eigenvalue weighted by Gasteiger charge is 2.31. The number of nitriles is 1. The van der Waals surface area contributed by atoms with Crippen molar-refractivity contribution in [3.8, 4) is 34.8 Å². The van der Waals surface area contributed by atoms with Crippen molar-refractivity contribution in [2.24, 2.45) is 5.73 Å². The molecule has 0 saturated carbocycles. The van der Waals surface area contributed by atoms with E-state index in [-0.39, 0.29) is 17.9 Å². The fourth-order valence-corrected chi connectivity index (χ4v) is 4.05. The van der Waals surface area contributed by atoms with Crippen LogP contribution < -0.4 is 29.4 Å². The number of nitrogens with two attached hydrogens (primary N) is 1. The van der Waals surface area contributed by atoms with E-state index in [1.807, 2.05) is 6.07 Å². The van der Waals surface area contributed by atoms with Crippen LogP contribution in [0.1, 0.15) is 22.6 Å². The summed E-state index contributed by atoms with van der Waals surface area (Å²) in [6.45, 7) is 3.98. The standard InChI is InChI=1S/C29H26N2O6/c1-4-13-35-24-12-7-19(15-26(24)34-3)28-22-11-10-21(16-25(22)37-29(31)23(28)17-30)36-27(32)14-18-5-8-20(33-2)9-6-18/h4-12,15-16,28H,1,13-14,31H2,2-3H3. The molecule has 37 heavy (non-hydrogen) atoms. The number of nitrogens with zero attached hydrogens (tertiary/aromatic N) is 1. The van der Waals surface area contributed by atoms with E-state index in [1.165, 1.54) is 0 Å². The molecule has 1 aliphatic rings. The van der Waals surface area contributed by atoms with Gasteiger partial charge in [-0.25, -0.2) is 0 Å². The molecule has 0 spiro atoms. The van der Waals surface area contributed by atoms with E-state index in [2.05, 4.69) is 12.6 Å². The van der Waals surface area contributed by atoms with E-state index in [4.69, 9.17) is 29.4 Å². The molecule has 8 nitrogen and oxygen atoms in total. The Labute approximate surface area is 215 Å². The molecular formula is C29H26N2O6. The molecule has 0 bridgehead atoms. The summed E-state index contributed by atoms with van der Waals surface area (Å²) in [4.78, 5) is 12.5. The van der Waals surface area contributed by atoms with Gasteiger partial charge in [0.2, 0.25) is 5.88 Å². The summed E-state index contributed by atoms with van der Waals surface area (Å²) in [6, 6.07) is 19.8. The molecule has 3 aromatic carbocycles. The van der Waals surface area contributed by atoms with Crippen molar-refractivity contribution in [2.45, 2.75) is 12.3 Å². The first kappa shape index (κ1) is 25.2. The van der Waals surface area contributed by atoms with Crippen LogP contribution >= 0.6 is 0 Å². The fraction of sp³-hybridized carbons (Fsp3) is 0.172. The lowest BCUT2D eigenvalue weighted by Crippen LogP contribution is -2.21. The zero-order valence-corrected chi connectivity index (χ0v) is 20.5. The number of benzene rings is 3. The number of hydrogen-bond donors (Lipinski definition) is 1. The number of carbonyl (C=O) groups is 1. The van der Waals surface area contributed by atoms with Crippen molar-refractivity contribution in [3.63, 3.8) is 0 Å². The van der Waals surface area contributed by atoms with Crippen molar-refractivity contribution < 1.29 is 28.5 Å². The number of hydrogen-bond acceptors (Lipinski definition) is 8. The molecule has 0 aromatic heterocycles. The maximum Gasteiger partial charge on any atom is 0.315 e. The third-order valence-electron chi connectivity index (χ3n) is 5.81. The maximum atomic E-state index is 12.5. The van der Waals surface area contributed by atoms with Gasteiger partial charge in [0, 0.05) is 11.6 Å². The average molecular weight is 499 g/mol. The number of allylic oxidation sites excluding steroid dienone is 1. The number of methoxy groups -OCH3 is 2. The summed E-state index contributed by atoms with van der Waals surface area (Å²) in [5.74, 6) is 1.49. The first-order chi connectivity index (χ1) is 18.0. The van der Waals surface area contributed by atoms with E-state index < -0.39 is 11.9 Å².